The summed E-state index contributed by atoms with van der Waals surface area (Å²) in [7, 11) is 0. The van der Waals surface area contributed by atoms with Crippen molar-refractivity contribution >= 4 is 5.97 Å². The third-order valence-electron chi connectivity index (χ3n) is 2.33. The van der Waals surface area contributed by atoms with Gasteiger partial charge in [0.1, 0.15) is 5.60 Å². The average Bonchev–Trinajstić information content (AvgIpc) is 2.03. The average molecular weight is 200 g/mol. The van der Waals surface area contributed by atoms with Crippen molar-refractivity contribution in [3.8, 4) is 0 Å². The van der Waals surface area contributed by atoms with Gasteiger partial charge in [0.05, 0.1) is 0 Å². The highest BCUT2D eigenvalue weighted by molar-refractivity contribution is 5.69. The molecule has 0 fully saturated rings. The van der Waals surface area contributed by atoms with Crippen LogP contribution in [0.25, 0.3) is 0 Å². The van der Waals surface area contributed by atoms with Crippen LogP contribution in [0.2, 0.25) is 0 Å². The molecule has 0 unspecified atom stereocenters. The highest BCUT2D eigenvalue weighted by Crippen LogP contribution is 2.16. The van der Waals surface area contributed by atoms with Crippen molar-refractivity contribution in [1.82, 2.24) is 0 Å². The Morgan fingerprint density at radius 2 is 1.71 bits per heavy atom. The van der Waals surface area contributed by atoms with Gasteiger partial charge in [-0.25, -0.2) is 0 Å². The van der Waals surface area contributed by atoms with E-state index in [1.54, 1.807) is 0 Å². The number of carbonyl (C=O) groups excluding carboxylic acids is 1. The van der Waals surface area contributed by atoms with E-state index in [-0.39, 0.29) is 11.6 Å². The van der Waals surface area contributed by atoms with Crippen LogP contribution in [-0.4, -0.2) is 11.6 Å². The molecule has 2 nitrogen and oxygen atoms in total. The second-order valence-electron chi connectivity index (χ2n) is 4.81. The van der Waals surface area contributed by atoms with E-state index in [0.29, 0.717) is 12.3 Å². The number of hydrogen-bond acceptors (Lipinski definition) is 2. The first-order valence-electron chi connectivity index (χ1n) is 5.60. The Hall–Kier alpha value is -0.530. The molecule has 0 saturated carbocycles. The van der Waals surface area contributed by atoms with E-state index in [4.69, 9.17) is 4.74 Å². The maximum absolute atomic E-state index is 11.4. The molecule has 0 saturated heterocycles. The summed E-state index contributed by atoms with van der Waals surface area (Å²) in [5.74, 6) is 0.604. The molecule has 0 N–H and O–H groups in total. The summed E-state index contributed by atoms with van der Waals surface area (Å²) in [6, 6.07) is 0. The van der Waals surface area contributed by atoms with Crippen LogP contribution in [0.1, 0.15) is 60.3 Å². The molecule has 0 radical (unpaired) electrons. The molecule has 0 bridgehead atoms. The van der Waals surface area contributed by atoms with Gasteiger partial charge in [-0.2, -0.15) is 0 Å². The lowest BCUT2D eigenvalue weighted by Gasteiger charge is -2.20. The van der Waals surface area contributed by atoms with Gasteiger partial charge in [-0.1, -0.05) is 26.7 Å². The zero-order chi connectivity index (χ0) is 11.2. The summed E-state index contributed by atoms with van der Waals surface area (Å²) in [5.41, 5.74) is -0.342. The minimum absolute atomic E-state index is 0.0654. The fourth-order valence-electron chi connectivity index (χ4n) is 1.41. The highest BCUT2D eigenvalue weighted by Gasteiger charge is 2.16. The quantitative estimate of drug-likeness (QED) is 0.634. The van der Waals surface area contributed by atoms with E-state index in [9.17, 15) is 4.79 Å². The van der Waals surface area contributed by atoms with Gasteiger partial charge in [0.2, 0.25) is 0 Å². The van der Waals surface area contributed by atoms with Gasteiger partial charge in [0, 0.05) is 6.42 Å². The van der Waals surface area contributed by atoms with E-state index in [1.807, 2.05) is 20.8 Å². The third kappa shape index (κ3) is 6.93. The summed E-state index contributed by atoms with van der Waals surface area (Å²) in [5, 5.41) is 0. The van der Waals surface area contributed by atoms with E-state index >= 15 is 0 Å². The molecule has 0 amide bonds. The van der Waals surface area contributed by atoms with E-state index in [1.165, 1.54) is 0 Å². The minimum Gasteiger partial charge on any atom is -0.460 e. The van der Waals surface area contributed by atoms with E-state index in [2.05, 4.69) is 13.8 Å². The Balaban J connectivity index is 3.74. The maximum Gasteiger partial charge on any atom is 0.306 e. The van der Waals surface area contributed by atoms with Crippen molar-refractivity contribution in [2.45, 2.75) is 65.9 Å². The second-order valence-corrected chi connectivity index (χ2v) is 4.81. The first-order chi connectivity index (χ1) is 6.39. The van der Waals surface area contributed by atoms with Crippen LogP contribution in [0.4, 0.5) is 0 Å². The van der Waals surface area contributed by atoms with Crippen molar-refractivity contribution in [3.05, 3.63) is 0 Å². The minimum atomic E-state index is -0.342. The molecule has 0 heterocycles. The molecule has 0 spiro atoms. The van der Waals surface area contributed by atoms with Crippen LogP contribution in [0.5, 0.6) is 0 Å². The van der Waals surface area contributed by atoms with Crippen LogP contribution in [0.3, 0.4) is 0 Å². The molecule has 84 valence electrons. The topological polar surface area (TPSA) is 26.3 Å². The van der Waals surface area contributed by atoms with Crippen molar-refractivity contribution in [2.75, 3.05) is 0 Å². The second kappa shape index (κ2) is 6.05. The fourth-order valence-corrected chi connectivity index (χ4v) is 1.41. The van der Waals surface area contributed by atoms with E-state index in [0.717, 1.165) is 19.3 Å². The third-order valence-corrected chi connectivity index (χ3v) is 2.33. The zero-order valence-corrected chi connectivity index (χ0v) is 10.2. The number of rotatable bonds is 5. The lowest BCUT2D eigenvalue weighted by atomic mass is 9.98. The molecule has 0 aromatic heterocycles. The summed E-state index contributed by atoms with van der Waals surface area (Å²) in [4.78, 5) is 11.4. The molecule has 0 aliphatic rings. The number of esters is 1. The number of hydrogen-bond donors (Lipinski definition) is 0. The molecule has 0 aromatic rings. The van der Waals surface area contributed by atoms with Crippen LogP contribution in [-0.2, 0) is 9.53 Å². The lowest BCUT2D eigenvalue weighted by molar-refractivity contribution is -0.155. The van der Waals surface area contributed by atoms with Crippen LogP contribution >= 0.6 is 0 Å². The van der Waals surface area contributed by atoms with Gasteiger partial charge in [-0.05, 0) is 33.1 Å². The predicted molar refractivity (Wildman–Crippen MR) is 59.2 cm³/mol. The molecule has 2 heteroatoms. The van der Waals surface area contributed by atoms with Gasteiger partial charge >= 0.3 is 5.97 Å². The smallest absolute Gasteiger partial charge is 0.306 e. The summed E-state index contributed by atoms with van der Waals surface area (Å²) >= 11 is 0. The van der Waals surface area contributed by atoms with Crippen LogP contribution in [0.15, 0.2) is 0 Å². The van der Waals surface area contributed by atoms with Gasteiger partial charge in [0.25, 0.3) is 0 Å². The zero-order valence-electron chi connectivity index (χ0n) is 10.2. The SMILES string of the molecule is CCC(CC)CCC(=O)OC(C)(C)C. The normalized spacial score (nSPS) is 11.9. The largest absolute Gasteiger partial charge is 0.460 e. The molecule has 0 aromatic carbocycles. The van der Waals surface area contributed by atoms with Crippen molar-refractivity contribution in [2.24, 2.45) is 5.92 Å². The summed E-state index contributed by atoms with van der Waals surface area (Å²) < 4.78 is 5.24. The fraction of sp³-hybridized carbons (Fsp3) is 0.917. The Labute approximate surface area is 88.0 Å². The van der Waals surface area contributed by atoms with Gasteiger partial charge in [-0.15, -0.1) is 0 Å². The van der Waals surface area contributed by atoms with E-state index < -0.39 is 0 Å². The van der Waals surface area contributed by atoms with Crippen molar-refractivity contribution in [3.63, 3.8) is 0 Å². The van der Waals surface area contributed by atoms with Crippen LogP contribution < -0.4 is 0 Å². The lowest BCUT2D eigenvalue weighted by Crippen LogP contribution is -2.24. The standard InChI is InChI=1S/C12H24O2/c1-6-10(7-2)8-9-11(13)14-12(3,4)5/h10H,6-9H2,1-5H3. The molecular formula is C12H24O2. The summed E-state index contributed by atoms with van der Waals surface area (Å²) in [6.07, 6.45) is 3.82. The Morgan fingerprint density at radius 3 is 2.07 bits per heavy atom. The monoisotopic (exact) mass is 200 g/mol. The van der Waals surface area contributed by atoms with Crippen LogP contribution in [0, 0.1) is 5.92 Å². The van der Waals surface area contributed by atoms with Crippen molar-refractivity contribution in [1.29, 1.82) is 0 Å². The van der Waals surface area contributed by atoms with Crippen molar-refractivity contribution < 1.29 is 9.53 Å². The first kappa shape index (κ1) is 13.5. The number of ether oxygens (including phenoxy) is 1. The summed E-state index contributed by atoms with van der Waals surface area (Å²) in [6.45, 7) is 10.1. The Kier molecular flexibility index (Phi) is 5.82. The molecule has 14 heavy (non-hydrogen) atoms. The highest BCUT2D eigenvalue weighted by atomic mass is 16.6. The van der Waals surface area contributed by atoms with Gasteiger partial charge in [-0.3, -0.25) is 4.79 Å². The van der Waals surface area contributed by atoms with Gasteiger partial charge in [0.15, 0.2) is 0 Å². The predicted octanol–water partition coefficient (Wildman–Crippen LogP) is 3.54. The molecule has 0 aliphatic carbocycles. The maximum atomic E-state index is 11.4. The van der Waals surface area contributed by atoms with Gasteiger partial charge < -0.3 is 4.74 Å². The molecule has 0 atom stereocenters. The molecule has 0 aliphatic heterocycles. The molecule has 0 rings (SSSR count). The Bertz CT molecular complexity index is 164. The molecular weight excluding hydrogens is 176 g/mol. The first-order valence-corrected chi connectivity index (χ1v) is 5.60. The Morgan fingerprint density at radius 1 is 1.21 bits per heavy atom. The number of carbonyl (C=O) groups is 1.